The van der Waals surface area contributed by atoms with Crippen LogP contribution in [0.25, 0.3) is 20.7 Å². The summed E-state index contributed by atoms with van der Waals surface area (Å²) in [5.41, 5.74) is 0.901. The molecule has 6 nitrogen and oxygen atoms in total. The first-order valence-electron chi connectivity index (χ1n) is 8.69. The fourth-order valence-corrected chi connectivity index (χ4v) is 5.81. The van der Waals surface area contributed by atoms with E-state index in [2.05, 4.69) is 43.8 Å². The molecule has 0 amide bonds. The SMILES string of the molecule is Cc1ccc(-c2csc3nc(CSc4nnc(C5CC5)n4C)[nH]c(=O)c23)s1. The summed E-state index contributed by atoms with van der Waals surface area (Å²) in [7, 11) is 2.00. The molecule has 1 N–H and O–H groups in total. The van der Waals surface area contributed by atoms with Crippen LogP contribution in [-0.2, 0) is 12.8 Å². The fraction of sp³-hybridized carbons (Fsp3) is 0.333. The van der Waals surface area contributed by atoms with Gasteiger partial charge in [-0.1, -0.05) is 11.8 Å². The Bertz CT molecular complexity index is 1200. The number of hydrogen-bond acceptors (Lipinski definition) is 7. The van der Waals surface area contributed by atoms with E-state index in [4.69, 9.17) is 0 Å². The van der Waals surface area contributed by atoms with Gasteiger partial charge in [0, 0.05) is 33.7 Å². The molecular weight excluding hydrogens is 398 g/mol. The van der Waals surface area contributed by atoms with Gasteiger partial charge in [0.05, 0.1) is 11.1 Å². The second kappa shape index (κ2) is 6.57. The monoisotopic (exact) mass is 415 g/mol. The van der Waals surface area contributed by atoms with Gasteiger partial charge in [-0.25, -0.2) is 4.98 Å². The predicted molar refractivity (Wildman–Crippen MR) is 111 cm³/mol. The van der Waals surface area contributed by atoms with E-state index >= 15 is 0 Å². The van der Waals surface area contributed by atoms with Crippen molar-refractivity contribution in [3.8, 4) is 10.4 Å². The molecule has 9 heteroatoms. The molecule has 0 aliphatic heterocycles. The lowest BCUT2D eigenvalue weighted by Crippen LogP contribution is -2.10. The predicted octanol–water partition coefficient (Wildman–Crippen LogP) is 4.32. The van der Waals surface area contributed by atoms with Gasteiger partial charge in [0.15, 0.2) is 5.16 Å². The number of H-pyrrole nitrogens is 1. The lowest BCUT2D eigenvalue weighted by molar-refractivity contribution is 0.736. The molecular formula is C18H17N5OS3. The van der Waals surface area contributed by atoms with Crippen molar-refractivity contribution in [3.05, 3.63) is 44.4 Å². The highest BCUT2D eigenvalue weighted by Gasteiger charge is 2.29. The minimum absolute atomic E-state index is 0.0745. The molecule has 27 heavy (non-hydrogen) atoms. The van der Waals surface area contributed by atoms with E-state index < -0.39 is 0 Å². The fourth-order valence-electron chi connectivity index (χ4n) is 3.10. The molecule has 0 unspecified atom stereocenters. The second-order valence-electron chi connectivity index (χ2n) is 6.72. The van der Waals surface area contributed by atoms with Gasteiger partial charge in [0.1, 0.15) is 16.5 Å². The topological polar surface area (TPSA) is 76.5 Å². The average Bonchev–Trinajstić information content (AvgIpc) is 3.07. The van der Waals surface area contributed by atoms with Gasteiger partial charge in [0.25, 0.3) is 5.56 Å². The Morgan fingerprint density at radius 1 is 1.33 bits per heavy atom. The van der Waals surface area contributed by atoms with Gasteiger partial charge in [-0.15, -0.1) is 32.9 Å². The van der Waals surface area contributed by atoms with Crippen molar-refractivity contribution in [2.24, 2.45) is 7.05 Å². The molecule has 1 aliphatic carbocycles. The number of aromatic amines is 1. The normalized spacial score (nSPS) is 14.3. The number of rotatable bonds is 5. The largest absolute Gasteiger partial charge is 0.309 e. The van der Waals surface area contributed by atoms with Crippen LogP contribution in [0.4, 0.5) is 0 Å². The zero-order valence-electron chi connectivity index (χ0n) is 14.9. The molecule has 5 rings (SSSR count). The summed E-state index contributed by atoms with van der Waals surface area (Å²) in [5.74, 6) is 2.86. The Kier molecular flexibility index (Phi) is 4.18. The Morgan fingerprint density at radius 3 is 2.93 bits per heavy atom. The van der Waals surface area contributed by atoms with Crippen LogP contribution >= 0.6 is 34.4 Å². The van der Waals surface area contributed by atoms with Gasteiger partial charge < -0.3 is 9.55 Å². The van der Waals surface area contributed by atoms with E-state index in [0.717, 1.165) is 26.3 Å². The molecule has 1 fully saturated rings. The number of thiophene rings is 2. The van der Waals surface area contributed by atoms with Crippen LogP contribution < -0.4 is 5.56 Å². The summed E-state index contributed by atoms with van der Waals surface area (Å²) in [6, 6.07) is 4.14. The highest BCUT2D eigenvalue weighted by molar-refractivity contribution is 7.98. The Labute approximate surface area is 167 Å². The summed E-state index contributed by atoms with van der Waals surface area (Å²) in [6.45, 7) is 2.07. The lowest BCUT2D eigenvalue weighted by Gasteiger charge is -2.03. The maximum absolute atomic E-state index is 12.7. The van der Waals surface area contributed by atoms with E-state index in [9.17, 15) is 4.79 Å². The van der Waals surface area contributed by atoms with Crippen molar-refractivity contribution in [2.75, 3.05) is 0 Å². The molecule has 0 radical (unpaired) electrons. The minimum Gasteiger partial charge on any atom is -0.309 e. The van der Waals surface area contributed by atoms with E-state index in [-0.39, 0.29) is 5.56 Å². The van der Waals surface area contributed by atoms with Crippen molar-refractivity contribution in [3.63, 3.8) is 0 Å². The highest BCUT2D eigenvalue weighted by Crippen LogP contribution is 2.40. The lowest BCUT2D eigenvalue weighted by atomic mass is 10.2. The number of hydrogen-bond donors (Lipinski definition) is 1. The molecule has 1 aliphatic rings. The third kappa shape index (κ3) is 3.13. The van der Waals surface area contributed by atoms with Crippen LogP contribution in [0.3, 0.4) is 0 Å². The third-order valence-electron chi connectivity index (χ3n) is 4.65. The van der Waals surface area contributed by atoms with Crippen LogP contribution in [0.5, 0.6) is 0 Å². The number of nitrogens with one attached hydrogen (secondary N) is 1. The van der Waals surface area contributed by atoms with Crippen molar-refractivity contribution >= 4 is 44.7 Å². The van der Waals surface area contributed by atoms with E-state index in [1.165, 1.54) is 29.1 Å². The zero-order chi connectivity index (χ0) is 18.5. The van der Waals surface area contributed by atoms with Crippen molar-refractivity contribution in [1.82, 2.24) is 24.7 Å². The van der Waals surface area contributed by atoms with E-state index in [1.54, 1.807) is 23.1 Å². The van der Waals surface area contributed by atoms with Gasteiger partial charge >= 0.3 is 0 Å². The molecule has 4 aromatic rings. The summed E-state index contributed by atoms with van der Waals surface area (Å²) < 4.78 is 2.06. The number of aromatic nitrogens is 5. The molecule has 138 valence electrons. The van der Waals surface area contributed by atoms with Gasteiger partial charge in [0.2, 0.25) is 0 Å². The third-order valence-corrected chi connectivity index (χ3v) is 7.59. The van der Waals surface area contributed by atoms with Gasteiger partial charge in [-0.05, 0) is 31.9 Å². The van der Waals surface area contributed by atoms with Crippen LogP contribution in [0.1, 0.15) is 35.3 Å². The molecule has 0 spiro atoms. The number of thioether (sulfide) groups is 1. The second-order valence-corrected chi connectivity index (χ2v) is 9.80. The first-order valence-corrected chi connectivity index (χ1v) is 11.4. The maximum atomic E-state index is 12.7. The molecule has 1 saturated carbocycles. The Hall–Kier alpha value is -1.97. The molecule has 4 heterocycles. The zero-order valence-corrected chi connectivity index (χ0v) is 17.3. The molecule has 0 atom stereocenters. The van der Waals surface area contributed by atoms with Crippen LogP contribution in [0.15, 0.2) is 27.5 Å². The molecule has 0 saturated heterocycles. The number of fused-ring (bicyclic) bond motifs is 1. The first kappa shape index (κ1) is 17.2. The Morgan fingerprint density at radius 2 is 2.19 bits per heavy atom. The summed E-state index contributed by atoms with van der Waals surface area (Å²) in [4.78, 5) is 23.5. The van der Waals surface area contributed by atoms with Crippen molar-refractivity contribution in [1.29, 1.82) is 0 Å². The standard InChI is InChI=1S/C18H17N5OS3/c1-9-3-6-12(27-9)11-7-25-17-14(11)16(24)19-13(20-17)8-26-18-22-21-15(23(18)2)10-4-5-10/h3,6-7,10H,4-5,8H2,1-2H3,(H,19,20,24). The van der Waals surface area contributed by atoms with E-state index in [1.807, 2.05) is 12.4 Å². The summed E-state index contributed by atoms with van der Waals surface area (Å²) >= 11 is 4.77. The summed E-state index contributed by atoms with van der Waals surface area (Å²) in [6.07, 6.45) is 2.40. The van der Waals surface area contributed by atoms with Crippen LogP contribution in [0.2, 0.25) is 0 Å². The first-order chi connectivity index (χ1) is 13.1. The number of aryl methyl sites for hydroxylation is 1. The van der Waals surface area contributed by atoms with Gasteiger partial charge in [-0.3, -0.25) is 4.79 Å². The number of nitrogens with zero attached hydrogens (tertiary/aromatic N) is 4. The van der Waals surface area contributed by atoms with Gasteiger partial charge in [-0.2, -0.15) is 0 Å². The van der Waals surface area contributed by atoms with Crippen molar-refractivity contribution < 1.29 is 0 Å². The summed E-state index contributed by atoms with van der Waals surface area (Å²) in [5, 5.41) is 12.2. The smallest absolute Gasteiger partial charge is 0.260 e. The van der Waals surface area contributed by atoms with E-state index in [0.29, 0.717) is 22.9 Å². The van der Waals surface area contributed by atoms with Crippen molar-refractivity contribution in [2.45, 2.75) is 36.6 Å². The minimum atomic E-state index is -0.0745. The highest BCUT2D eigenvalue weighted by atomic mass is 32.2. The average molecular weight is 416 g/mol. The van der Waals surface area contributed by atoms with Crippen LogP contribution in [-0.4, -0.2) is 24.7 Å². The Balaban J connectivity index is 1.42. The maximum Gasteiger partial charge on any atom is 0.260 e. The molecule has 4 aromatic heterocycles. The molecule has 0 bridgehead atoms. The molecule has 0 aromatic carbocycles. The quantitative estimate of drug-likeness (QED) is 0.491. The van der Waals surface area contributed by atoms with Crippen LogP contribution in [0, 0.1) is 6.92 Å².